The Labute approximate surface area is 142 Å². The van der Waals surface area contributed by atoms with Gasteiger partial charge in [0, 0.05) is 6.54 Å². The Bertz CT molecular complexity index is 662. The molecule has 2 aromatic rings. The van der Waals surface area contributed by atoms with Gasteiger partial charge in [0.05, 0.1) is 15.1 Å². The number of aromatic nitrogens is 1. The van der Waals surface area contributed by atoms with Crippen LogP contribution in [0.15, 0.2) is 30.3 Å². The van der Waals surface area contributed by atoms with Crippen molar-refractivity contribution in [2.75, 3.05) is 6.54 Å². The number of carbonyl (C=O) groups is 1. The van der Waals surface area contributed by atoms with Crippen molar-refractivity contribution in [3.63, 3.8) is 0 Å². The van der Waals surface area contributed by atoms with Crippen molar-refractivity contribution in [3.8, 4) is 0 Å². The topological polar surface area (TPSA) is 42.0 Å². The van der Waals surface area contributed by atoms with Crippen molar-refractivity contribution >= 4 is 52.3 Å². The lowest BCUT2D eigenvalue weighted by atomic mass is 10.1. The molecule has 7 heteroatoms. The van der Waals surface area contributed by atoms with Gasteiger partial charge < -0.3 is 5.32 Å². The van der Waals surface area contributed by atoms with E-state index < -0.39 is 5.91 Å². The number of carbonyl (C=O) groups excluding carboxylic acids is 1. The largest absolute Gasteiger partial charge is 0.350 e. The molecule has 2 rings (SSSR count). The third kappa shape index (κ3) is 4.01. The highest BCUT2D eigenvalue weighted by molar-refractivity contribution is 6.52. The molecule has 0 saturated heterocycles. The van der Waals surface area contributed by atoms with Gasteiger partial charge in [-0.05, 0) is 12.0 Å². The lowest BCUT2D eigenvalue weighted by Crippen LogP contribution is -2.27. The van der Waals surface area contributed by atoms with Crippen LogP contribution in [0.3, 0.4) is 0 Å². The second-order valence-corrected chi connectivity index (χ2v) is 5.68. The molecule has 1 aromatic heterocycles. The smallest absolute Gasteiger partial charge is 0.271 e. The molecule has 0 fully saturated rings. The van der Waals surface area contributed by atoms with E-state index in [4.69, 9.17) is 46.4 Å². The number of rotatable bonds is 4. The number of hydrogen-bond donors (Lipinski definition) is 1. The summed E-state index contributed by atoms with van der Waals surface area (Å²) in [5.74, 6) is -0.448. The van der Waals surface area contributed by atoms with Crippen LogP contribution < -0.4 is 5.32 Å². The summed E-state index contributed by atoms with van der Waals surface area (Å²) in [4.78, 5) is 15.9. The molecule has 110 valence electrons. The minimum absolute atomic E-state index is 0.0109. The van der Waals surface area contributed by atoms with Gasteiger partial charge in [-0.15, -0.1) is 0 Å². The first-order chi connectivity index (χ1) is 10.0. The predicted octanol–water partition coefficient (Wildman–Crippen LogP) is 4.67. The second kappa shape index (κ2) is 7.32. The SMILES string of the molecule is O=C(NCCc1ccccc1)c1nc(Cl)c(Cl)c(Cl)c1Cl. The summed E-state index contributed by atoms with van der Waals surface area (Å²) in [5, 5.41) is 2.70. The maximum Gasteiger partial charge on any atom is 0.271 e. The van der Waals surface area contributed by atoms with E-state index in [0.717, 1.165) is 5.56 Å². The molecule has 0 atom stereocenters. The first-order valence-electron chi connectivity index (χ1n) is 6.03. The molecule has 0 aliphatic rings. The van der Waals surface area contributed by atoms with Gasteiger partial charge >= 0.3 is 0 Å². The van der Waals surface area contributed by atoms with Crippen LogP contribution in [0.1, 0.15) is 16.1 Å². The number of nitrogens with one attached hydrogen (secondary N) is 1. The van der Waals surface area contributed by atoms with E-state index in [1.54, 1.807) is 0 Å². The van der Waals surface area contributed by atoms with Crippen LogP contribution in [-0.4, -0.2) is 17.4 Å². The Morgan fingerprint density at radius 2 is 1.67 bits per heavy atom. The van der Waals surface area contributed by atoms with Gasteiger partial charge in [0.25, 0.3) is 5.91 Å². The Morgan fingerprint density at radius 1 is 1.00 bits per heavy atom. The van der Waals surface area contributed by atoms with Gasteiger partial charge in [0.2, 0.25) is 0 Å². The number of hydrogen-bond acceptors (Lipinski definition) is 2. The quantitative estimate of drug-likeness (QED) is 0.802. The number of pyridine rings is 1. The molecule has 0 bridgehead atoms. The fraction of sp³-hybridized carbons (Fsp3) is 0.143. The van der Waals surface area contributed by atoms with Crippen molar-refractivity contribution in [1.82, 2.24) is 10.3 Å². The minimum Gasteiger partial charge on any atom is -0.350 e. The molecule has 0 spiro atoms. The van der Waals surface area contributed by atoms with E-state index in [2.05, 4.69) is 10.3 Å². The van der Waals surface area contributed by atoms with Crippen LogP contribution in [0.25, 0.3) is 0 Å². The summed E-state index contributed by atoms with van der Waals surface area (Å²) in [6.45, 7) is 0.443. The average molecular weight is 364 g/mol. The molecule has 1 amide bonds. The molecule has 1 N–H and O–H groups in total. The summed E-state index contributed by atoms with van der Waals surface area (Å²) < 4.78 is 0. The molecule has 3 nitrogen and oxygen atoms in total. The average Bonchev–Trinajstić information content (AvgIpc) is 2.49. The second-order valence-electron chi connectivity index (χ2n) is 4.18. The lowest BCUT2D eigenvalue weighted by molar-refractivity contribution is 0.0949. The Hall–Kier alpha value is -1.000. The van der Waals surface area contributed by atoms with E-state index >= 15 is 0 Å². The molecule has 0 unspecified atom stereocenters. The highest BCUT2D eigenvalue weighted by Gasteiger charge is 2.19. The molecular formula is C14H10Cl4N2O. The predicted molar refractivity (Wildman–Crippen MR) is 86.8 cm³/mol. The Balaban J connectivity index is 2.04. The number of benzene rings is 1. The normalized spacial score (nSPS) is 10.5. The van der Waals surface area contributed by atoms with Crippen molar-refractivity contribution in [2.45, 2.75) is 6.42 Å². The lowest BCUT2D eigenvalue weighted by Gasteiger charge is -2.09. The molecule has 0 saturated carbocycles. The van der Waals surface area contributed by atoms with Gasteiger partial charge in [-0.2, -0.15) is 0 Å². The fourth-order valence-electron chi connectivity index (χ4n) is 1.69. The van der Waals surface area contributed by atoms with Gasteiger partial charge in [-0.3, -0.25) is 4.79 Å². The van der Waals surface area contributed by atoms with Gasteiger partial charge in [0.15, 0.2) is 0 Å². The summed E-state index contributed by atoms with van der Waals surface area (Å²) in [7, 11) is 0. The van der Waals surface area contributed by atoms with Crippen LogP contribution >= 0.6 is 46.4 Å². The van der Waals surface area contributed by atoms with Crippen LogP contribution in [-0.2, 0) is 6.42 Å². The number of nitrogens with zero attached hydrogens (tertiary/aromatic N) is 1. The maximum absolute atomic E-state index is 12.1. The van der Waals surface area contributed by atoms with Crippen LogP contribution in [0.4, 0.5) is 0 Å². The zero-order chi connectivity index (χ0) is 15.4. The van der Waals surface area contributed by atoms with Crippen molar-refractivity contribution in [3.05, 3.63) is 61.8 Å². The molecule has 0 radical (unpaired) electrons. The Morgan fingerprint density at radius 3 is 2.33 bits per heavy atom. The van der Waals surface area contributed by atoms with Crippen LogP contribution in [0, 0.1) is 0 Å². The minimum atomic E-state index is -0.448. The van der Waals surface area contributed by atoms with Crippen molar-refractivity contribution in [2.24, 2.45) is 0 Å². The zero-order valence-electron chi connectivity index (χ0n) is 10.7. The third-order valence-corrected chi connectivity index (χ3v) is 4.42. The first kappa shape index (κ1) is 16.4. The van der Waals surface area contributed by atoms with Gasteiger partial charge in [-0.25, -0.2) is 4.98 Å². The highest BCUT2D eigenvalue weighted by Crippen LogP contribution is 2.35. The Kier molecular flexibility index (Phi) is 5.71. The summed E-state index contributed by atoms with van der Waals surface area (Å²) in [6.07, 6.45) is 0.694. The van der Waals surface area contributed by atoms with E-state index in [-0.39, 0.29) is 25.9 Å². The maximum atomic E-state index is 12.1. The van der Waals surface area contributed by atoms with E-state index in [0.29, 0.717) is 13.0 Å². The first-order valence-corrected chi connectivity index (χ1v) is 7.54. The van der Waals surface area contributed by atoms with Crippen molar-refractivity contribution < 1.29 is 4.79 Å². The summed E-state index contributed by atoms with van der Waals surface area (Å²) in [6, 6.07) is 9.77. The molecular weight excluding hydrogens is 354 g/mol. The van der Waals surface area contributed by atoms with Gasteiger partial charge in [-0.1, -0.05) is 76.7 Å². The highest BCUT2D eigenvalue weighted by atomic mass is 35.5. The number of amides is 1. The van der Waals surface area contributed by atoms with Crippen LogP contribution in [0.5, 0.6) is 0 Å². The van der Waals surface area contributed by atoms with E-state index in [1.165, 1.54) is 0 Å². The van der Waals surface area contributed by atoms with Gasteiger partial charge in [0.1, 0.15) is 10.8 Å². The molecule has 0 aliphatic carbocycles. The van der Waals surface area contributed by atoms with E-state index in [9.17, 15) is 4.79 Å². The molecule has 0 aliphatic heterocycles. The molecule has 21 heavy (non-hydrogen) atoms. The monoisotopic (exact) mass is 362 g/mol. The fourth-order valence-corrected chi connectivity index (χ4v) is 2.50. The molecule has 1 heterocycles. The third-order valence-electron chi connectivity index (χ3n) is 2.74. The standard InChI is InChI=1S/C14H10Cl4N2O/c15-9-10(16)12(20-13(18)11(9)17)14(21)19-7-6-8-4-2-1-3-5-8/h1-5H,6-7H2,(H,19,21). The van der Waals surface area contributed by atoms with Crippen LogP contribution in [0.2, 0.25) is 20.2 Å². The van der Waals surface area contributed by atoms with Crippen molar-refractivity contribution in [1.29, 1.82) is 0 Å². The number of halogens is 4. The zero-order valence-corrected chi connectivity index (χ0v) is 13.7. The summed E-state index contributed by atoms with van der Waals surface area (Å²) in [5.41, 5.74) is 1.08. The summed E-state index contributed by atoms with van der Waals surface area (Å²) >= 11 is 23.5. The van der Waals surface area contributed by atoms with E-state index in [1.807, 2.05) is 30.3 Å². The molecule has 1 aromatic carbocycles.